The lowest BCUT2D eigenvalue weighted by atomic mass is 10.2. The van der Waals surface area contributed by atoms with E-state index in [2.05, 4.69) is 45.6 Å². The van der Waals surface area contributed by atoms with Crippen LogP contribution in [0.5, 0.6) is 5.75 Å². The number of halogens is 1. The number of hydrogen-bond acceptors (Lipinski definition) is 3. The molecule has 0 spiro atoms. The molecule has 1 aliphatic carbocycles. The molecule has 0 amide bonds. The molecule has 2 N–H and O–H groups in total. The minimum atomic E-state index is 0. The molecule has 1 unspecified atom stereocenters. The Hall–Kier alpha value is -1.02. The maximum Gasteiger partial charge on any atom is 0.191 e. The van der Waals surface area contributed by atoms with E-state index in [1.54, 1.807) is 0 Å². The van der Waals surface area contributed by atoms with E-state index >= 15 is 0 Å². The van der Waals surface area contributed by atoms with E-state index in [9.17, 15) is 0 Å². The fraction of sp³-hybridized carbons (Fsp3) is 0.650. The first-order valence-electron chi connectivity index (χ1n) is 9.69. The highest BCUT2D eigenvalue weighted by Crippen LogP contribution is 2.30. The van der Waals surface area contributed by atoms with Crippen LogP contribution in [-0.4, -0.2) is 50.2 Å². The van der Waals surface area contributed by atoms with Gasteiger partial charge in [-0.15, -0.1) is 24.0 Å². The summed E-state index contributed by atoms with van der Waals surface area (Å²) in [6.45, 7) is 7.11. The molecule has 0 aromatic heterocycles. The highest BCUT2D eigenvalue weighted by atomic mass is 127. The van der Waals surface area contributed by atoms with Crippen LogP contribution in [0.3, 0.4) is 0 Å². The van der Waals surface area contributed by atoms with Crippen LogP contribution in [0.2, 0.25) is 0 Å². The largest absolute Gasteiger partial charge is 0.493 e. The number of nitrogens with one attached hydrogen (secondary N) is 2. The number of benzene rings is 1. The predicted octanol–water partition coefficient (Wildman–Crippen LogP) is 3.24. The summed E-state index contributed by atoms with van der Waals surface area (Å²) < 4.78 is 5.99. The summed E-state index contributed by atoms with van der Waals surface area (Å²) in [5.41, 5.74) is 1.18. The standard InChI is InChI=1S/C20H32N4O.HI/c1-3-24-12-6-8-18(24)14-23-20(21-2)22-13-17-7-4-5-9-19(17)25-15-16-10-11-16;/h4-5,7,9,16,18H,3,6,8,10-15H2,1-2H3,(H2,21,22,23);1H. The Labute approximate surface area is 175 Å². The van der Waals surface area contributed by atoms with Gasteiger partial charge in [-0.3, -0.25) is 9.89 Å². The van der Waals surface area contributed by atoms with E-state index in [4.69, 9.17) is 4.74 Å². The number of aliphatic imine (C=N–C) groups is 1. The van der Waals surface area contributed by atoms with Crippen molar-refractivity contribution in [3.63, 3.8) is 0 Å². The Kier molecular flexibility index (Phi) is 8.98. The van der Waals surface area contributed by atoms with Gasteiger partial charge in [-0.2, -0.15) is 0 Å². The third-order valence-electron chi connectivity index (χ3n) is 5.22. The first kappa shape index (κ1) is 21.3. The molecule has 146 valence electrons. The molecule has 1 aromatic carbocycles. The molecule has 1 saturated heterocycles. The Morgan fingerprint density at radius 2 is 2.04 bits per heavy atom. The average molecular weight is 472 g/mol. The molecule has 1 atom stereocenters. The van der Waals surface area contributed by atoms with E-state index in [0.717, 1.165) is 43.9 Å². The van der Waals surface area contributed by atoms with Gasteiger partial charge >= 0.3 is 0 Å². The Morgan fingerprint density at radius 3 is 2.77 bits per heavy atom. The van der Waals surface area contributed by atoms with Crippen LogP contribution in [0.1, 0.15) is 38.2 Å². The second-order valence-electron chi connectivity index (χ2n) is 7.09. The van der Waals surface area contributed by atoms with E-state index in [1.807, 2.05) is 13.1 Å². The third kappa shape index (κ3) is 6.30. The fourth-order valence-electron chi connectivity index (χ4n) is 3.44. The topological polar surface area (TPSA) is 48.9 Å². The van der Waals surface area contributed by atoms with Gasteiger partial charge in [-0.05, 0) is 50.8 Å². The van der Waals surface area contributed by atoms with Gasteiger partial charge in [0.2, 0.25) is 0 Å². The van der Waals surface area contributed by atoms with Crippen molar-refractivity contribution < 1.29 is 4.74 Å². The summed E-state index contributed by atoms with van der Waals surface area (Å²) in [4.78, 5) is 6.91. The second kappa shape index (κ2) is 11.0. The summed E-state index contributed by atoms with van der Waals surface area (Å²) in [6.07, 6.45) is 5.20. The van der Waals surface area contributed by atoms with Crippen LogP contribution in [0.4, 0.5) is 0 Å². The monoisotopic (exact) mass is 472 g/mol. The number of guanidine groups is 1. The van der Waals surface area contributed by atoms with Crippen molar-refractivity contribution in [1.29, 1.82) is 0 Å². The zero-order chi connectivity index (χ0) is 17.5. The quantitative estimate of drug-likeness (QED) is 0.347. The molecule has 3 rings (SSSR count). The molecule has 5 nitrogen and oxygen atoms in total. The molecule has 2 fully saturated rings. The number of likely N-dealkylation sites (N-methyl/N-ethyl adjacent to an activating group) is 1. The van der Waals surface area contributed by atoms with Crippen molar-refractivity contribution in [1.82, 2.24) is 15.5 Å². The molecule has 1 aliphatic heterocycles. The van der Waals surface area contributed by atoms with Crippen LogP contribution < -0.4 is 15.4 Å². The second-order valence-corrected chi connectivity index (χ2v) is 7.09. The summed E-state index contributed by atoms with van der Waals surface area (Å²) >= 11 is 0. The minimum absolute atomic E-state index is 0. The van der Waals surface area contributed by atoms with Crippen LogP contribution >= 0.6 is 24.0 Å². The predicted molar refractivity (Wildman–Crippen MR) is 119 cm³/mol. The lowest BCUT2D eigenvalue weighted by Crippen LogP contribution is -2.44. The number of ether oxygens (including phenoxy) is 1. The molecule has 2 aliphatic rings. The van der Waals surface area contributed by atoms with Gasteiger partial charge < -0.3 is 15.4 Å². The number of hydrogen-bond donors (Lipinski definition) is 2. The van der Waals surface area contributed by atoms with Crippen LogP contribution in [0.15, 0.2) is 29.3 Å². The zero-order valence-corrected chi connectivity index (χ0v) is 18.4. The summed E-state index contributed by atoms with van der Waals surface area (Å²) in [5.74, 6) is 2.62. The van der Waals surface area contributed by atoms with Crippen LogP contribution in [-0.2, 0) is 6.54 Å². The maximum atomic E-state index is 5.99. The van der Waals surface area contributed by atoms with Crippen molar-refractivity contribution in [2.75, 3.05) is 33.3 Å². The first-order chi connectivity index (χ1) is 12.3. The SMILES string of the molecule is CCN1CCCC1CNC(=NC)NCc1ccccc1OCC1CC1.I. The van der Waals surface area contributed by atoms with Gasteiger partial charge in [0, 0.05) is 31.7 Å². The van der Waals surface area contributed by atoms with Crippen molar-refractivity contribution in [2.24, 2.45) is 10.9 Å². The van der Waals surface area contributed by atoms with Gasteiger partial charge in [-0.25, -0.2) is 0 Å². The number of para-hydroxylation sites is 1. The lowest BCUT2D eigenvalue weighted by Gasteiger charge is -2.24. The fourth-order valence-corrected chi connectivity index (χ4v) is 3.44. The molecule has 6 heteroatoms. The Bertz CT molecular complexity index is 577. The highest BCUT2D eigenvalue weighted by Gasteiger charge is 2.23. The average Bonchev–Trinajstić information content (AvgIpc) is 3.37. The van der Waals surface area contributed by atoms with Crippen LogP contribution in [0.25, 0.3) is 0 Å². The molecular formula is C20H33IN4O. The van der Waals surface area contributed by atoms with Gasteiger partial charge in [0.25, 0.3) is 0 Å². The number of rotatable bonds is 8. The highest BCUT2D eigenvalue weighted by molar-refractivity contribution is 14.0. The van der Waals surface area contributed by atoms with Crippen molar-refractivity contribution in [3.8, 4) is 5.75 Å². The van der Waals surface area contributed by atoms with Crippen molar-refractivity contribution in [2.45, 2.75) is 45.2 Å². The summed E-state index contributed by atoms with van der Waals surface area (Å²) in [6, 6.07) is 8.91. The number of nitrogens with zero attached hydrogens (tertiary/aromatic N) is 2. The van der Waals surface area contributed by atoms with Crippen molar-refractivity contribution in [3.05, 3.63) is 29.8 Å². The third-order valence-corrected chi connectivity index (χ3v) is 5.22. The lowest BCUT2D eigenvalue weighted by molar-refractivity contribution is 0.267. The maximum absolute atomic E-state index is 5.99. The van der Waals surface area contributed by atoms with E-state index < -0.39 is 0 Å². The molecular weight excluding hydrogens is 439 g/mol. The van der Waals surface area contributed by atoms with E-state index in [0.29, 0.717) is 6.04 Å². The minimum Gasteiger partial charge on any atom is -0.493 e. The molecule has 1 aromatic rings. The van der Waals surface area contributed by atoms with Gasteiger partial charge in [0.1, 0.15) is 5.75 Å². The Balaban J connectivity index is 0.00000243. The van der Waals surface area contributed by atoms with Gasteiger partial charge in [0.05, 0.1) is 6.61 Å². The first-order valence-corrected chi connectivity index (χ1v) is 9.69. The number of likely N-dealkylation sites (tertiary alicyclic amines) is 1. The molecule has 1 saturated carbocycles. The molecule has 0 radical (unpaired) electrons. The normalized spacial score (nSPS) is 20.5. The zero-order valence-electron chi connectivity index (χ0n) is 16.0. The van der Waals surface area contributed by atoms with Gasteiger partial charge in [0.15, 0.2) is 5.96 Å². The smallest absolute Gasteiger partial charge is 0.191 e. The summed E-state index contributed by atoms with van der Waals surface area (Å²) in [7, 11) is 1.83. The van der Waals surface area contributed by atoms with Crippen molar-refractivity contribution >= 4 is 29.9 Å². The van der Waals surface area contributed by atoms with E-state index in [1.165, 1.54) is 37.8 Å². The molecule has 26 heavy (non-hydrogen) atoms. The summed E-state index contributed by atoms with van der Waals surface area (Å²) in [5, 5.41) is 6.91. The van der Waals surface area contributed by atoms with E-state index in [-0.39, 0.29) is 24.0 Å². The van der Waals surface area contributed by atoms with Gasteiger partial charge in [-0.1, -0.05) is 25.1 Å². The molecule has 1 heterocycles. The Morgan fingerprint density at radius 1 is 1.23 bits per heavy atom. The van der Waals surface area contributed by atoms with Crippen LogP contribution in [0, 0.1) is 5.92 Å². The molecule has 0 bridgehead atoms.